The molecule has 0 nitrogen and oxygen atoms in total. The van der Waals surface area contributed by atoms with Crippen LogP contribution < -0.4 is 42.0 Å². The minimum Gasteiger partial charge on any atom is -1.00 e. The molecule has 0 N–H and O–H groups in total. The van der Waals surface area contributed by atoms with Gasteiger partial charge in [0.05, 0.1) is 0 Å². The van der Waals surface area contributed by atoms with Crippen molar-refractivity contribution in [3.05, 3.63) is 0 Å². The van der Waals surface area contributed by atoms with Crippen LogP contribution >= 0.6 is 0 Å². The number of hydrogen-bond donors (Lipinski definition) is 0. The number of unbranched alkanes of at least 4 members (excludes halogenated alkanes) is 3. The van der Waals surface area contributed by atoms with E-state index in [9.17, 15) is 0 Å². The molecule has 0 saturated heterocycles. The van der Waals surface area contributed by atoms with Crippen LogP contribution in [0.2, 0.25) is 0 Å². The molecular weight excluding hydrogens is 131 g/mol. The zero-order chi connectivity index (χ0) is 4.83. The molecule has 0 aromatic carbocycles. The van der Waals surface area contributed by atoms with Crippen LogP contribution in [0.5, 0.6) is 0 Å². The van der Waals surface area contributed by atoms with Gasteiger partial charge in [-0.1, -0.05) is 39.5 Å². The molecule has 46 valence electrons. The Hall–Kier alpha value is 1.29. The van der Waals surface area contributed by atoms with Gasteiger partial charge in [0.25, 0.3) is 0 Å². The van der Waals surface area contributed by atoms with Crippen LogP contribution in [-0.4, -0.2) is 0 Å². The van der Waals surface area contributed by atoms with E-state index in [0.29, 0.717) is 0 Å². The fraction of sp³-hybridized carbons (Fsp3) is 1.00. The fourth-order valence-electron chi connectivity index (χ4n) is 0.500. The first kappa shape index (κ1) is 16.1. The summed E-state index contributed by atoms with van der Waals surface area (Å²) >= 11 is 0. The third kappa shape index (κ3) is 15.7. The molecule has 0 fully saturated rings. The van der Waals surface area contributed by atoms with Crippen LogP contribution in [0, 0.1) is 0 Å². The second kappa shape index (κ2) is 15.7. The Kier molecular flexibility index (Phi) is 31.8. The molecule has 0 aromatic rings. The number of halogens is 1. The summed E-state index contributed by atoms with van der Waals surface area (Å²) in [5.41, 5.74) is 0. The van der Waals surface area contributed by atoms with Gasteiger partial charge in [0.1, 0.15) is 0 Å². The summed E-state index contributed by atoms with van der Waals surface area (Å²) in [6, 6.07) is 0. The van der Waals surface area contributed by atoms with E-state index in [4.69, 9.17) is 0 Å². The van der Waals surface area contributed by atoms with Crippen molar-refractivity contribution in [2.75, 3.05) is 0 Å². The topological polar surface area (TPSA) is 0 Å². The molecule has 0 aliphatic heterocycles. The first-order valence-electron chi connectivity index (χ1n) is 2.91. The Morgan fingerprint density at radius 3 is 1.25 bits per heavy atom. The van der Waals surface area contributed by atoms with Gasteiger partial charge in [-0.25, -0.2) is 0 Å². The van der Waals surface area contributed by atoms with E-state index >= 15 is 0 Å². The van der Waals surface area contributed by atoms with Gasteiger partial charge >= 0.3 is 29.6 Å². The quantitative estimate of drug-likeness (QED) is 0.286. The van der Waals surface area contributed by atoms with Gasteiger partial charge in [-0.2, -0.15) is 0 Å². The summed E-state index contributed by atoms with van der Waals surface area (Å²) in [7, 11) is 0. The molecule has 2 heteroatoms. The second-order valence-corrected chi connectivity index (χ2v) is 1.71. The second-order valence-electron chi connectivity index (χ2n) is 1.71. The van der Waals surface area contributed by atoms with E-state index in [0.717, 1.165) is 0 Å². The molecule has 0 aromatic heterocycles. The van der Waals surface area contributed by atoms with Crippen LogP contribution in [0.3, 0.4) is 0 Å². The predicted octanol–water partition coefficient (Wildman–Crippen LogP) is -3.41. The molecule has 0 rings (SSSR count). The Bertz CT molecular complexity index is 20.5. The molecule has 0 heterocycles. The summed E-state index contributed by atoms with van der Waals surface area (Å²) in [5, 5.41) is 0. The van der Waals surface area contributed by atoms with E-state index in [1.54, 1.807) is 0 Å². The largest absolute Gasteiger partial charge is 1.00 e. The van der Waals surface area contributed by atoms with E-state index in [-0.39, 0.29) is 42.0 Å². The molecule has 8 heavy (non-hydrogen) atoms. The zero-order valence-corrected chi connectivity index (χ0v) is 8.96. The average Bonchev–Trinajstić information content (AvgIpc) is 1.61. The normalized spacial score (nSPS) is 6.75. The smallest absolute Gasteiger partial charge is 1.00 e. The van der Waals surface area contributed by atoms with Crippen molar-refractivity contribution in [3.8, 4) is 0 Å². The molecule has 0 amide bonds. The van der Waals surface area contributed by atoms with E-state index in [1.807, 2.05) is 0 Å². The van der Waals surface area contributed by atoms with E-state index in [1.165, 1.54) is 25.7 Å². The Morgan fingerprint density at radius 2 is 1.12 bits per heavy atom. The van der Waals surface area contributed by atoms with Gasteiger partial charge in [0, 0.05) is 0 Å². The first-order valence-corrected chi connectivity index (χ1v) is 2.91. The molecule has 0 saturated carbocycles. The molecule has 0 aliphatic carbocycles. The van der Waals surface area contributed by atoms with Crippen molar-refractivity contribution in [1.82, 2.24) is 0 Å². The zero-order valence-electron chi connectivity index (χ0n) is 6.21. The maximum atomic E-state index is 2.23. The number of hydrogen-bond acceptors (Lipinski definition) is 0. The molecule has 0 aliphatic rings. The summed E-state index contributed by atoms with van der Waals surface area (Å²) in [4.78, 5) is 0. The van der Waals surface area contributed by atoms with Gasteiger partial charge < -0.3 is 12.4 Å². The molecule has 0 unspecified atom stereocenters. The van der Waals surface area contributed by atoms with Crippen LogP contribution in [0.25, 0.3) is 0 Å². The summed E-state index contributed by atoms with van der Waals surface area (Å²) in [6.45, 7) is 4.46. The van der Waals surface area contributed by atoms with Crippen molar-refractivity contribution in [3.63, 3.8) is 0 Å². The first-order chi connectivity index (χ1) is 2.91. The summed E-state index contributed by atoms with van der Waals surface area (Å²) in [5.74, 6) is 0. The van der Waals surface area contributed by atoms with Crippen molar-refractivity contribution < 1.29 is 42.0 Å². The van der Waals surface area contributed by atoms with Crippen molar-refractivity contribution >= 4 is 0 Å². The van der Waals surface area contributed by atoms with E-state index in [2.05, 4.69) is 13.8 Å². The van der Waals surface area contributed by atoms with Crippen molar-refractivity contribution in [2.24, 2.45) is 0 Å². The van der Waals surface area contributed by atoms with Gasteiger partial charge in [0.2, 0.25) is 0 Å². The van der Waals surface area contributed by atoms with Gasteiger partial charge in [-0.3, -0.25) is 0 Å². The minimum absolute atomic E-state index is 0. The molecule has 0 spiro atoms. The van der Waals surface area contributed by atoms with Crippen LogP contribution in [0.15, 0.2) is 0 Å². The molecule has 0 bridgehead atoms. The van der Waals surface area contributed by atoms with Gasteiger partial charge in [0.15, 0.2) is 0 Å². The monoisotopic (exact) mass is 144 g/mol. The Morgan fingerprint density at radius 1 is 0.875 bits per heavy atom. The Labute approximate surface area is 81.1 Å². The average molecular weight is 145 g/mol. The summed E-state index contributed by atoms with van der Waals surface area (Å²) in [6.07, 6.45) is 5.54. The third-order valence-corrected chi connectivity index (χ3v) is 0.957. The molecule has 0 atom stereocenters. The Balaban J connectivity index is -0.000000125. The fourth-order valence-corrected chi connectivity index (χ4v) is 0.500. The maximum absolute atomic E-state index is 2.23. The van der Waals surface area contributed by atoms with Crippen molar-refractivity contribution in [2.45, 2.75) is 39.5 Å². The number of rotatable bonds is 3. The predicted molar refractivity (Wildman–Crippen MR) is 29.8 cm³/mol. The van der Waals surface area contributed by atoms with Crippen molar-refractivity contribution in [1.29, 1.82) is 0 Å². The van der Waals surface area contributed by atoms with Crippen LogP contribution in [0.1, 0.15) is 39.5 Å². The van der Waals surface area contributed by atoms with Gasteiger partial charge in [-0.05, 0) is 0 Å². The van der Waals surface area contributed by atoms with Gasteiger partial charge in [-0.15, -0.1) is 0 Å². The van der Waals surface area contributed by atoms with Crippen LogP contribution in [0.4, 0.5) is 0 Å². The molecular formula is C6H14ClNa. The standard InChI is InChI=1S/C6H14.ClH.Na/c1-3-5-6-4-2;;/h3-6H2,1-2H3;1H;/q;;+1/p-1. The summed E-state index contributed by atoms with van der Waals surface area (Å²) < 4.78 is 0. The maximum Gasteiger partial charge on any atom is 1.00 e. The molecule has 0 radical (unpaired) electrons. The minimum atomic E-state index is 0. The third-order valence-electron chi connectivity index (χ3n) is 0.957. The van der Waals surface area contributed by atoms with E-state index < -0.39 is 0 Å². The van der Waals surface area contributed by atoms with Crippen LogP contribution in [-0.2, 0) is 0 Å². The SMILES string of the molecule is CCCCCC.[Cl-].[Na+].